The van der Waals surface area contributed by atoms with E-state index in [0.717, 1.165) is 31.2 Å². The Kier molecular flexibility index (Phi) is 7.37. The minimum absolute atomic E-state index is 0.204. The van der Waals surface area contributed by atoms with E-state index in [2.05, 4.69) is 22.8 Å². The van der Waals surface area contributed by atoms with Crippen molar-refractivity contribution >= 4 is 22.8 Å². The number of unbranched alkanes of at least 4 members (excludes halogenated alkanes) is 3. The zero-order chi connectivity index (χ0) is 22.2. The molecule has 8 heteroatoms. The number of carbonyl (C=O) groups is 2. The van der Waals surface area contributed by atoms with Gasteiger partial charge >= 0.3 is 5.63 Å². The lowest BCUT2D eigenvalue weighted by molar-refractivity contribution is 0.0844. The minimum Gasteiger partial charge on any atom is -0.496 e. The number of aryl methyl sites for hydroxylation is 1. The van der Waals surface area contributed by atoms with Crippen molar-refractivity contribution in [1.82, 2.24) is 15.8 Å². The zero-order valence-electron chi connectivity index (χ0n) is 17.6. The first-order valence-electron chi connectivity index (χ1n) is 10.2. The van der Waals surface area contributed by atoms with Crippen LogP contribution < -0.4 is 21.2 Å². The van der Waals surface area contributed by atoms with E-state index in [1.807, 2.05) is 6.07 Å². The summed E-state index contributed by atoms with van der Waals surface area (Å²) in [7, 11) is 1.57. The van der Waals surface area contributed by atoms with Crippen LogP contribution in [0.4, 0.5) is 0 Å². The van der Waals surface area contributed by atoms with Gasteiger partial charge in [-0.05, 0) is 42.7 Å². The Bertz CT molecular complexity index is 1130. The van der Waals surface area contributed by atoms with Gasteiger partial charge in [-0.2, -0.15) is 0 Å². The third-order valence-corrected chi connectivity index (χ3v) is 4.91. The number of pyridine rings is 1. The van der Waals surface area contributed by atoms with Crippen LogP contribution in [0, 0.1) is 0 Å². The molecule has 1 aromatic carbocycles. The van der Waals surface area contributed by atoms with Crippen LogP contribution in [0.5, 0.6) is 5.75 Å². The van der Waals surface area contributed by atoms with Gasteiger partial charge in [0.1, 0.15) is 16.9 Å². The van der Waals surface area contributed by atoms with Crippen molar-refractivity contribution in [2.24, 2.45) is 0 Å². The third-order valence-electron chi connectivity index (χ3n) is 4.91. The summed E-state index contributed by atoms with van der Waals surface area (Å²) in [5.74, 6) is -0.646. The van der Waals surface area contributed by atoms with Crippen molar-refractivity contribution in [2.75, 3.05) is 7.11 Å². The van der Waals surface area contributed by atoms with Gasteiger partial charge in [-0.15, -0.1) is 0 Å². The molecule has 0 spiro atoms. The van der Waals surface area contributed by atoms with Crippen LogP contribution in [-0.2, 0) is 6.42 Å². The topological polar surface area (TPSA) is 111 Å². The van der Waals surface area contributed by atoms with E-state index in [4.69, 9.17) is 9.15 Å². The number of hydrogen-bond acceptors (Lipinski definition) is 6. The summed E-state index contributed by atoms with van der Waals surface area (Å²) in [5, 5.41) is 0.608. The number of hydrogen-bond donors (Lipinski definition) is 2. The molecule has 0 unspecified atom stereocenters. The first-order chi connectivity index (χ1) is 15.0. The number of aromatic nitrogens is 1. The molecule has 8 nitrogen and oxygen atoms in total. The van der Waals surface area contributed by atoms with Gasteiger partial charge in [-0.1, -0.05) is 26.2 Å². The molecule has 0 atom stereocenters. The highest BCUT2D eigenvalue weighted by Gasteiger charge is 2.17. The monoisotopic (exact) mass is 423 g/mol. The number of amides is 2. The Morgan fingerprint density at radius 1 is 1.03 bits per heavy atom. The van der Waals surface area contributed by atoms with Gasteiger partial charge < -0.3 is 9.15 Å². The predicted octanol–water partition coefficient (Wildman–Crippen LogP) is 3.39. The van der Waals surface area contributed by atoms with Crippen molar-refractivity contribution in [3.05, 3.63) is 69.8 Å². The fraction of sp³-hybridized carbons (Fsp3) is 0.304. The number of nitrogens with one attached hydrogen (secondary N) is 2. The minimum atomic E-state index is -0.805. The third kappa shape index (κ3) is 5.48. The Hall–Kier alpha value is -3.68. The molecule has 3 rings (SSSR count). The average molecular weight is 423 g/mol. The number of fused-ring (bicyclic) bond motifs is 1. The normalized spacial score (nSPS) is 10.6. The SMILES string of the molecule is CCCCCCc1cc2cc(C(=O)NNC(=O)c3ccncc3)c(=O)oc2cc1OC. The summed E-state index contributed by atoms with van der Waals surface area (Å²) in [6.07, 6.45) is 8.19. The van der Waals surface area contributed by atoms with Gasteiger partial charge in [0.15, 0.2) is 0 Å². The Morgan fingerprint density at radius 2 is 1.77 bits per heavy atom. The Labute approximate surface area is 179 Å². The summed E-state index contributed by atoms with van der Waals surface area (Å²) in [6.45, 7) is 2.16. The van der Waals surface area contributed by atoms with E-state index in [1.165, 1.54) is 37.0 Å². The molecule has 0 fully saturated rings. The summed E-state index contributed by atoms with van der Waals surface area (Å²) < 4.78 is 10.8. The van der Waals surface area contributed by atoms with Gasteiger partial charge in [-0.25, -0.2) is 4.79 Å². The first-order valence-corrected chi connectivity index (χ1v) is 10.2. The van der Waals surface area contributed by atoms with Gasteiger partial charge in [0.05, 0.1) is 7.11 Å². The van der Waals surface area contributed by atoms with E-state index in [1.54, 1.807) is 13.2 Å². The molecule has 0 radical (unpaired) electrons. The number of hydrazine groups is 1. The van der Waals surface area contributed by atoms with Crippen LogP contribution in [0.1, 0.15) is 58.9 Å². The molecular weight excluding hydrogens is 398 g/mol. The molecule has 0 saturated heterocycles. The van der Waals surface area contributed by atoms with Gasteiger partial charge in [0.25, 0.3) is 11.8 Å². The van der Waals surface area contributed by atoms with Crippen molar-refractivity contribution < 1.29 is 18.7 Å². The summed E-state index contributed by atoms with van der Waals surface area (Å²) in [5.41, 5.74) is 5.14. The van der Waals surface area contributed by atoms with Crippen LogP contribution in [0.2, 0.25) is 0 Å². The molecule has 0 bridgehead atoms. The van der Waals surface area contributed by atoms with Crippen molar-refractivity contribution in [3.8, 4) is 5.75 Å². The number of nitrogens with zero attached hydrogens (tertiary/aromatic N) is 1. The number of benzene rings is 1. The number of carbonyl (C=O) groups excluding carboxylic acids is 2. The Morgan fingerprint density at radius 3 is 2.48 bits per heavy atom. The maximum atomic E-state index is 12.5. The maximum Gasteiger partial charge on any atom is 0.349 e. The first kappa shape index (κ1) is 22.0. The van der Waals surface area contributed by atoms with E-state index < -0.39 is 17.4 Å². The highest BCUT2D eigenvalue weighted by Crippen LogP contribution is 2.27. The van der Waals surface area contributed by atoms with Crippen LogP contribution in [0.15, 0.2) is 51.9 Å². The molecule has 0 aliphatic heterocycles. The second-order valence-corrected chi connectivity index (χ2v) is 7.10. The molecular formula is C23H25N3O5. The molecule has 31 heavy (non-hydrogen) atoms. The smallest absolute Gasteiger partial charge is 0.349 e. The zero-order valence-corrected chi connectivity index (χ0v) is 17.6. The van der Waals surface area contributed by atoms with Gasteiger partial charge in [-0.3, -0.25) is 25.4 Å². The Balaban J connectivity index is 1.80. The van der Waals surface area contributed by atoms with Crippen molar-refractivity contribution in [3.63, 3.8) is 0 Å². The summed E-state index contributed by atoms with van der Waals surface area (Å²) in [6, 6.07) is 8.00. The molecule has 0 saturated carbocycles. The largest absolute Gasteiger partial charge is 0.496 e. The molecule has 0 aliphatic rings. The maximum absolute atomic E-state index is 12.5. The van der Waals surface area contributed by atoms with Crippen LogP contribution in [0.25, 0.3) is 11.0 Å². The highest BCUT2D eigenvalue weighted by molar-refractivity contribution is 6.00. The highest BCUT2D eigenvalue weighted by atomic mass is 16.5. The molecule has 162 valence electrons. The fourth-order valence-electron chi connectivity index (χ4n) is 3.24. The molecule has 2 heterocycles. The van der Waals surface area contributed by atoms with Gasteiger partial charge in [0, 0.05) is 29.4 Å². The number of rotatable bonds is 8. The van der Waals surface area contributed by atoms with Crippen LogP contribution >= 0.6 is 0 Å². The molecule has 3 aromatic rings. The van der Waals surface area contributed by atoms with E-state index in [0.29, 0.717) is 22.3 Å². The second kappa shape index (κ2) is 10.4. The second-order valence-electron chi connectivity index (χ2n) is 7.10. The molecule has 2 amide bonds. The van der Waals surface area contributed by atoms with Gasteiger partial charge in [0.2, 0.25) is 0 Å². The predicted molar refractivity (Wildman–Crippen MR) is 116 cm³/mol. The van der Waals surface area contributed by atoms with Crippen LogP contribution in [-0.4, -0.2) is 23.9 Å². The van der Waals surface area contributed by atoms with E-state index in [-0.39, 0.29) is 5.56 Å². The van der Waals surface area contributed by atoms with E-state index in [9.17, 15) is 14.4 Å². The lowest BCUT2D eigenvalue weighted by atomic mass is 10.0. The van der Waals surface area contributed by atoms with Crippen molar-refractivity contribution in [1.29, 1.82) is 0 Å². The molecule has 2 aromatic heterocycles. The average Bonchev–Trinajstić information content (AvgIpc) is 2.79. The summed E-state index contributed by atoms with van der Waals surface area (Å²) >= 11 is 0. The molecule has 0 aliphatic carbocycles. The quantitative estimate of drug-likeness (QED) is 0.326. The standard InChI is InChI=1S/C23H25N3O5/c1-3-4-5-6-7-16-12-17-13-18(23(29)31-20(17)14-19(16)30-2)22(28)26-25-21(27)15-8-10-24-11-9-15/h8-14H,3-7H2,1-2H3,(H,25,27)(H,26,28). The van der Waals surface area contributed by atoms with Crippen molar-refractivity contribution in [2.45, 2.75) is 39.0 Å². The molecule has 2 N–H and O–H groups in total. The number of ether oxygens (including phenoxy) is 1. The fourth-order valence-corrected chi connectivity index (χ4v) is 3.24. The lowest BCUT2D eigenvalue weighted by Crippen LogP contribution is -2.43. The van der Waals surface area contributed by atoms with E-state index >= 15 is 0 Å². The van der Waals surface area contributed by atoms with Crippen LogP contribution in [0.3, 0.4) is 0 Å². The lowest BCUT2D eigenvalue weighted by Gasteiger charge is -2.11. The number of methoxy groups -OCH3 is 1. The summed E-state index contributed by atoms with van der Waals surface area (Å²) in [4.78, 5) is 40.7.